The maximum absolute atomic E-state index is 6.21. The maximum atomic E-state index is 6.21. The largest absolute Gasteiger partial charge is 0.456 e. The zero-order chi connectivity index (χ0) is 17.9. The number of hydrogen-bond donors (Lipinski definition) is 1. The molecule has 3 nitrogen and oxygen atoms in total. The van der Waals surface area contributed by atoms with Crippen LogP contribution in [0.1, 0.15) is 11.1 Å². The molecule has 0 fully saturated rings. The quantitative estimate of drug-likeness (QED) is 0.490. The van der Waals surface area contributed by atoms with Crippen LogP contribution in [0.5, 0.6) is 0 Å². The average Bonchev–Trinajstić information content (AvgIpc) is 2.67. The fourth-order valence-electron chi connectivity index (χ4n) is 3.15. The molecule has 0 aliphatic rings. The van der Waals surface area contributed by atoms with Crippen LogP contribution in [0.2, 0.25) is 0 Å². The lowest BCUT2D eigenvalue weighted by Gasteiger charge is -2.08. The van der Waals surface area contributed by atoms with Gasteiger partial charge in [-0.25, -0.2) is 0 Å². The van der Waals surface area contributed by atoms with Crippen molar-refractivity contribution in [2.45, 2.75) is 13.8 Å². The smallest absolute Gasteiger partial charge is 0.137 e. The van der Waals surface area contributed by atoms with Gasteiger partial charge < -0.3 is 4.42 Å². The van der Waals surface area contributed by atoms with Gasteiger partial charge in [0.25, 0.3) is 0 Å². The van der Waals surface area contributed by atoms with Gasteiger partial charge in [-0.3, -0.25) is 5.43 Å². The highest BCUT2D eigenvalue weighted by molar-refractivity contribution is 5.82. The summed E-state index contributed by atoms with van der Waals surface area (Å²) in [6.07, 6.45) is 0. The van der Waals surface area contributed by atoms with Gasteiger partial charge in [0.1, 0.15) is 11.3 Å². The molecule has 0 aliphatic heterocycles. The molecule has 4 rings (SSSR count). The van der Waals surface area contributed by atoms with Gasteiger partial charge in [-0.15, -0.1) is 0 Å². The van der Waals surface area contributed by atoms with E-state index in [1.54, 1.807) is 0 Å². The third kappa shape index (κ3) is 3.24. The molecule has 1 N–H and O–H groups in total. The topological polar surface area (TPSA) is 37.5 Å². The summed E-state index contributed by atoms with van der Waals surface area (Å²) in [5.74, 6) is 0.803. The Morgan fingerprint density at radius 3 is 2.23 bits per heavy atom. The number of anilines is 1. The normalized spacial score (nSPS) is 11.7. The molecule has 0 radical (unpaired) electrons. The Hall–Kier alpha value is -3.33. The van der Waals surface area contributed by atoms with E-state index >= 15 is 0 Å². The first-order chi connectivity index (χ1) is 12.7. The summed E-state index contributed by atoms with van der Waals surface area (Å²) in [4.78, 5) is 0. The van der Waals surface area contributed by atoms with E-state index in [4.69, 9.17) is 4.42 Å². The van der Waals surface area contributed by atoms with Gasteiger partial charge in [-0.2, -0.15) is 5.10 Å². The van der Waals surface area contributed by atoms with Crippen molar-refractivity contribution in [3.8, 4) is 11.3 Å². The van der Waals surface area contributed by atoms with Crippen LogP contribution in [0.3, 0.4) is 0 Å². The van der Waals surface area contributed by atoms with Crippen LogP contribution in [0.25, 0.3) is 22.3 Å². The van der Waals surface area contributed by atoms with E-state index in [9.17, 15) is 0 Å². The Bertz CT molecular complexity index is 1110. The first-order valence-corrected chi connectivity index (χ1v) is 8.66. The van der Waals surface area contributed by atoms with Gasteiger partial charge in [-0.05, 0) is 43.2 Å². The van der Waals surface area contributed by atoms with Crippen LogP contribution < -0.4 is 10.8 Å². The van der Waals surface area contributed by atoms with E-state index in [2.05, 4.69) is 36.5 Å². The number of para-hydroxylation sites is 1. The molecule has 0 atom stereocenters. The molecule has 0 saturated carbocycles. The zero-order valence-corrected chi connectivity index (χ0v) is 14.9. The molecule has 26 heavy (non-hydrogen) atoms. The molecule has 0 unspecified atom stereocenters. The Balaban J connectivity index is 1.94. The van der Waals surface area contributed by atoms with E-state index < -0.39 is 0 Å². The highest BCUT2D eigenvalue weighted by Gasteiger charge is 2.09. The van der Waals surface area contributed by atoms with Crippen molar-refractivity contribution in [2.75, 3.05) is 5.43 Å². The van der Waals surface area contributed by atoms with Crippen molar-refractivity contribution >= 4 is 16.7 Å². The summed E-state index contributed by atoms with van der Waals surface area (Å²) in [6, 6.07) is 26.3. The molecule has 4 aromatic rings. The van der Waals surface area contributed by atoms with Gasteiger partial charge in [0, 0.05) is 17.0 Å². The molecule has 0 amide bonds. The summed E-state index contributed by atoms with van der Waals surface area (Å²) in [7, 11) is 0. The van der Waals surface area contributed by atoms with E-state index in [1.807, 2.05) is 66.7 Å². The second-order valence-electron chi connectivity index (χ2n) is 6.41. The minimum Gasteiger partial charge on any atom is -0.456 e. The third-order valence-electron chi connectivity index (χ3n) is 4.33. The zero-order valence-electron chi connectivity index (χ0n) is 14.9. The summed E-state index contributed by atoms with van der Waals surface area (Å²) >= 11 is 0. The van der Waals surface area contributed by atoms with Gasteiger partial charge in [0.05, 0.1) is 11.0 Å². The molecule has 0 aliphatic carbocycles. The maximum Gasteiger partial charge on any atom is 0.137 e. The summed E-state index contributed by atoms with van der Waals surface area (Å²) in [5, 5.41) is 6.56. The lowest BCUT2D eigenvalue weighted by molar-refractivity contribution is 0.617. The van der Waals surface area contributed by atoms with Crippen LogP contribution >= 0.6 is 0 Å². The van der Waals surface area contributed by atoms with Crippen molar-refractivity contribution in [3.63, 3.8) is 0 Å². The van der Waals surface area contributed by atoms with Crippen molar-refractivity contribution in [2.24, 2.45) is 5.10 Å². The number of nitrogens with one attached hydrogen (secondary N) is 1. The number of rotatable bonds is 3. The van der Waals surface area contributed by atoms with Crippen LogP contribution in [0.15, 0.2) is 88.4 Å². The highest BCUT2D eigenvalue weighted by atomic mass is 16.3. The molecule has 0 spiro atoms. The van der Waals surface area contributed by atoms with Crippen molar-refractivity contribution < 1.29 is 4.42 Å². The lowest BCUT2D eigenvalue weighted by Crippen LogP contribution is -2.09. The van der Waals surface area contributed by atoms with Crippen LogP contribution in [-0.2, 0) is 0 Å². The molecule has 1 aromatic heterocycles. The van der Waals surface area contributed by atoms with Gasteiger partial charge in [0.15, 0.2) is 0 Å². The molecular formula is C23H20N2O. The predicted octanol–water partition coefficient (Wildman–Crippen LogP) is 5.64. The monoisotopic (exact) mass is 340 g/mol. The van der Waals surface area contributed by atoms with Crippen LogP contribution in [-0.4, -0.2) is 0 Å². The second-order valence-corrected chi connectivity index (χ2v) is 6.41. The Morgan fingerprint density at radius 2 is 1.50 bits per heavy atom. The number of hydrogen-bond acceptors (Lipinski definition) is 3. The number of nitrogens with zero attached hydrogens (tertiary/aromatic N) is 1. The number of aryl methyl sites for hydroxylation is 2. The molecule has 128 valence electrons. The fourth-order valence-corrected chi connectivity index (χ4v) is 3.15. The molecule has 1 heterocycles. The van der Waals surface area contributed by atoms with Gasteiger partial charge in [-0.1, -0.05) is 54.6 Å². The second kappa shape index (κ2) is 6.89. The summed E-state index contributed by atoms with van der Waals surface area (Å²) in [6.45, 7) is 4.17. The average molecular weight is 340 g/mol. The van der Waals surface area contributed by atoms with Crippen molar-refractivity contribution in [1.82, 2.24) is 0 Å². The molecule has 3 aromatic carbocycles. The van der Waals surface area contributed by atoms with Gasteiger partial charge in [0.2, 0.25) is 0 Å². The highest BCUT2D eigenvalue weighted by Crippen LogP contribution is 2.24. The van der Waals surface area contributed by atoms with Crippen molar-refractivity contribution in [3.05, 3.63) is 95.3 Å². The third-order valence-corrected chi connectivity index (χ3v) is 4.33. The first kappa shape index (κ1) is 16.2. The van der Waals surface area contributed by atoms with E-state index in [-0.39, 0.29) is 0 Å². The van der Waals surface area contributed by atoms with E-state index in [0.717, 1.165) is 38.9 Å². The SMILES string of the molecule is Cc1cc(C)c2/c(=N/Nc3ccccc3)cc(-c3ccccc3)oc2c1. The Labute approximate surface area is 152 Å². The van der Waals surface area contributed by atoms with Crippen molar-refractivity contribution in [1.29, 1.82) is 0 Å². The first-order valence-electron chi connectivity index (χ1n) is 8.66. The number of benzene rings is 3. The van der Waals surface area contributed by atoms with E-state index in [0.29, 0.717) is 0 Å². The van der Waals surface area contributed by atoms with Gasteiger partial charge >= 0.3 is 0 Å². The molecule has 3 heteroatoms. The Kier molecular flexibility index (Phi) is 4.28. The minimum absolute atomic E-state index is 0.803. The van der Waals surface area contributed by atoms with Crippen LogP contribution in [0.4, 0.5) is 5.69 Å². The molecule has 0 saturated heterocycles. The fraction of sp³-hybridized carbons (Fsp3) is 0.0870. The standard InChI is InChI=1S/C23H20N2O/c1-16-13-17(2)23-20(25-24-19-11-7-4-8-12-19)15-21(26-22(23)14-16)18-9-5-3-6-10-18/h3-15,24H,1-2H3/b25-20+. The minimum atomic E-state index is 0.803. The molecule has 0 bridgehead atoms. The molecular weight excluding hydrogens is 320 g/mol. The Morgan fingerprint density at radius 1 is 0.808 bits per heavy atom. The number of fused-ring (bicyclic) bond motifs is 1. The summed E-state index contributed by atoms with van der Waals surface area (Å²) in [5.41, 5.74) is 8.31. The predicted molar refractivity (Wildman–Crippen MR) is 107 cm³/mol. The van der Waals surface area contributed by atoms with Crippen LogP contribution in [0, 0.1) is 13.8 Å². The van der Waals surface area contributed by atoms with E-state index in [1.165, 1.54) is 5.56 Å². The summed E-state index contributed by atoms with van der Waals surface area (Å²) < 4.78 is 6.21. The lowest BCUT2D eigenvalue weighted by atomic mass is 10.1.